The van der Waals surface area contributed by atoms with Crippen LogP contribution in [0.15, 0.2) is 0 Å². The number of hydrogen-bond acceptors (Lipinski definition) is 3. The molecule has 2 aliphatic rings. The standard InChI is InChI=1S/C14H29N3/c1-13-2-7-17(8-3-13)12-14-4-9-16(10-5-14)11-6-15/h13-14H,2-12,15H2,1H3. The highest BCUT2D eigenvalue weighted by Gasteiger charge is 2.23. The molecule has 100 valence electrons. The van der Waals surface area contributed by atoms with Crippen molar-refractivity contribution in [2.75, 3.05) is 45.8 Å². The van der Waals surface area contributed by atoms with Crippen molar-refractivity contribution in [2.24, 2.45) is 17.6 Å². The maximum atomic E-state index is 5.61. The largest absolute Gasteiger partial charge is 0.329 e. The summed E-state index contributed by atoms with van der Waals surface area (Å²) in [6.07, 6.45) is 5.58. The Morgan fingerprint density at radius 2 is 1.53 bits per heavy atom. The van der Waals surface area contributed by atoms with Gasteiger partial charge in [0.05, 0.1) is 0 Å². The second-order valence-corrected chi connectivity index (χ2v) is 6.06. The Morgan fingerprint density at radius 1 is 0.941 bits per heavy atom. The van der Waals surface area contributed by atoms with E-state index in [-0.39, 0.29) is 0 Å². The molecular weight excluding hydrogens is 210 g/mol. The normalized spacial score (nSPS) is 26.5. The van der Waals surface area contributed by atoms with Crippen molar-refractivity contribution in [2.45, 2.75) is 32.6 Å². The molecule has 3 heteroatoms. The Kier molecular flexibility index (Phi) is 5.26. The van der Waals surface area contributed by atoms with Crippen LogP contribution in [-0.2, 0) is 0 Å². The Morgan fingerprint density at radius 3 is 2.12 bits per heavy atom. The van der Waals surface area contributed by atoms with Gasteiger partial charge in [0.25, 0.3) is 0 Å². The fraction of sp³-hybridized carbons (Fsp3) is 1.00. The van der Waals surface area contributed by atoms with Crippen LogP contribution in [0.1, 0.15) is 32.6 Å². The minimum absolute atomic E-state index is 0.814. The number of piperidine rings is 2. The first-order valence-electron chi connectivity index (χ1n) is 7.42. The first-order valence-corrected chi connectivity index (χ1v) is 7.42. The third-order valence-electron chi connectivity index (χ3n) is 4.55. The summed E-state index contributed by atoms with van der Waals surface area (Å²) in [7, 11) is 0. The van der Waals surface area contributed by atoms with Gasteiger partial charge in [-0.05, 0) is 63.7 Å². The summed E-state index contributed by atoms with van der Waals surface area (Å²) >= 11 is 0. The van der Waals surface area contributed by atoms with Crippen molar-refractivity contribution in [3.05, 3.63) is 0 Å². The maximum Gasteiger partial charge on any atom is 0.0105 e. The Labute approximate surface area is 106 Å². The summed E-state index contributed by atoms with van der Waals surface area (Å²) < 4.78 is 0. The van der Waals surface area contributed by atoms with E-state index in [4.69, 9.17) is 5.73 Å². The predicted molar refractivity (Wildman–Crippen MR) is 73.1 cm³/mol. The van der Waals surface area contributed by atoms with Crippen molar-refractivity contribution in [3.8, 4) is 0 Å². The zero-order valence-corrected chi connectivity index (χ0v) is 11.4. The van der Waals surface area contributed by atoms with Crippen LogP contribution in [0.25, 0.3) is 0 Å². The SMILES string of the molecule is CC1CCN(CC2CCN(CCN)CC2)CC1. The minimum Gasteiger partial charge on any atom is -0.329 e. The van der Waals surface area contributed by atoms with Gasteiger partial charge in [0, 0.05) is 19.6 Å². The van der Waals surface area contributed by atoms with Crippen LogP contribution in [0.4, 0.5) is 0 Å². The average Bonchev–Trinajstić information content (AvgIpc) is 2.35. The topological polar surface area (TPSA) is 32.5 Å². The zero-order valence-electron chi connectivity index (χ0n) is 11.4. The molecule has 0 saturated carbocycles. The molecule has 0 aliphatic carbocycles. The summed E-state index contributed by atoms with van der Waals surface area (Å²) in [6.45, 7) is 10.9. The lowest BCUT2D eigenvalue weighted by molar-refractivity contribution is 0.122. The van der Waals surface area contributed by atoms with E-state index in [0.717, 1.165) is 24.9 Å². The summed E-state index contributed by atoms with van der Waals surface area (Å²) in [4.78, 5) is 5.22. The third kappa shape index (κ3) is 4.23. The lowest BCUT2D eigenvalue weighted by Gasteiger charge is -2.37. The summed E-state index contributed by atoms with van der Waals surface area (Å²) in [6, 6.07) is 0. The highest BCUT2D eigenvalue weighted by Crippen LogP contribution is 2.22. The first kappa shape index (κ1) is 13.3. The highest BCUT2D eigenvalue weighted by atomic mass is 15.2. The number of nitrogens with two attached hydrogens (primary N) is 1. The highest BCUT2D eigenvalue weighted by molar-refractivity contribution is 4.77. The summed E-state index contributed by atoms with van der Waals surface area (Å²) in [5.41, 5.74) is 5.61. The molecule has 17 heavy (non-hydrogen) atoms. The molecule has 2 N–H and O–H groups in total. The van der Waals surface area contributed by atoms with E-state index < -0.39 is 0 Å². The molecular formula is C14H29N3. The van der Waals surface area contributed by atoms with E-state index in [1.807, 2.05) is 0 Å². The fourth-order valence-electron chi connectivity index (χ4n) is 3.18. The van der Waals surface area contributed by atoms with Crippen LogP contribution >= 0.6 is 0 Å². The van der Waals surface area contributed by atoms with Crippen molar-refractivity contribution in [3.63, 3.8) is 0 Å². The molecule has 2 fully saturated rings. The van der Waals surface area contributed by atoms with Crippen molar-refractivity contribution in [1.29, 1.82) is 0 Å². The number of rotatable bonds is 4. The number of hydrogen-bond donors (Lipinski definition) is 1. The van der Waals surface area contributed by atoms with E-state index in [9.17, 15) is 0 Å². The van der Waals surface area contributed by atoms with Gasteiger partial charge in [0.1, 0.15) is 0 Å². The minimum atomic E-state index is 0.814. The van der Waals surface area contributed by atoms with Gasteiger partial charge >= 0.3 is 0 Å². The summed E-state index contributed by atoms with van der Waals surface area (Å²) in [5.74, 6) is 1.90. The molecule has 2 heterocycles. The lowest BCUT2D eigenvalue weighted by Crippen LogP contribution is -2.42. The van der Waals surface area contributed by atoms with Crippen LogP contribution in [-0.4, -0.2) is 55.6 Å². The predicted octanol–water partition coefficient (Wildman–Crippen LogP) is 1.39. The van der Waals surface area contributed by atoms with Gasteiger partial charge in [-0.3, -0.25) is 0 Å². The molecule has 0 atom stereocenters. The Hall–Kier alpha value is -0.120. The van der Waals surface area contributed by atoms with Gasteiger partial charge in [-0.1, -0.05) is 6.92 Å². The second-order valence-electron chi connectivity index (χ2n) is 6.06. The molecule has 0 unspecified atom stereocenters. The number of nitrogens with zero attached hydrogens (tertiary/aromatic N) is 2. The van der Waals surface area contributed by atoms with Gasteiger partial charge in [-0.15, -0.1) is 0 Å². The quantitative estimate of drug-likeness (QED) is 0.805. The first-order chi connectivity index (χ1) is 8.28. The third-order valence-corrected chi connectivity index (χ3v) is 4.55. The Bertz CT molecular complexity index is 204. The molecule has 0 aromatic carbocycles. The molecule has 0 amide bonds. The number of likely N-dealkylation sites (tertiary alicyclic amines) is 2. The molecule has 0 radical (unpaired) electrons. The van der Waals surface area contributed by atoms with Crippen molar-refractivity contribution in [1.82, 2.24) is 9.80 Å². The smallest absolute Gasteiger partial charge is 0.0105 e. The van der Waals surface area contributed by atoms with E-state index >= 15 is 0 Å². The van der Waals surface area contributed by atoms with Crippen LogP contribution in [0, 0.1) is 11.8 Å². The van der Waals surface area contributed by atoms with Gasteiger partial charge in [0.2, 0.25) is 0 Å². The zero-order chi connectivity index (χ0) is 12.1. The van der Waals surface area contributed by atoms with E-state index in [0.29, 0.717) is 0 Å². The molecule has 0 aromatic rings. The van der Waals surface area contributed by atoms with Crippen LogP contribution in [0.3, 0.4) is 0 Å². The molecule has 2 saturated heterocycles. The van der Waals surface area contributed by atoms with Gasteiger partial charge in [0.15, 0.2) is 0 Å². The van der Waals surface area contributed by atoms with Crippen LogP contribution in [0.2, 0.25) is 0 Å². The molecule has 2 rings (SSSR count). The fourth-order valence-corrected chi connectivity index (χ4v) is 3.18. The monoisotopic (exact) mass is 239 g/mol. The van der Waals surface area contributed by atoms with Crippen molar-refractivity contribution >= 4 is 0 Å². The molecule has 2 aliphatic heterocycles. The molecule has 0 spiro atoms. The van der Waals surface area contributed by atoms with Gasteiger partial charge in [-0.25, -0.2) is 0 Å². The average molecular weight is 239 g/mol. The lowest BCUT2D eigenvalue weighted by atomic mass is 9.93. The second kappa shape index (κ2) is 6.72. The van der Waals surface area contributed by atoms with Crippen LogP contribution < -0.4 is 5.73 Å². The Balaban J connectivity index is 1.64. The molecule has 0 bridgehead atoms. The molecule has 3 nitrogen and oxygen atoms in total. The molecule has 0 aromatic heterocycles. The van der Waals surface area contributed by atoms with Crippen molar-refractivity contribution < 1.29 is 0 Å². The van der Waals surface area contributed by atoms with E-state index in [2.05, 4.69) is 16.7 Å². The van der Waals surface area contributed by atoms with Crippen LogP contribution in [0.5, 0.6) is 0 Å². The summed E-state index contributed by atoms with van der Waals surface area (Å²) in [5, 5.41) is 0. The van der Waals surface area contributed by atoms with Gasteiger partial charge in [-0.2, -0.15) is 0 Å². The van der Waals surface area contributed by atoms with E-state index in [1.54, 1.807) is 0 Å². The van der Waals surface area contributed by atoms with Gasteiger partial charge < -0.3 is 15.5 Å². The van der Waals surface area contributed by atoms with E-state index in [1.165, 1.54) is 58.4 Å². The maximum absolute atomic E-state index is 5.61.